The molecule has 0 amide bonds. The Hall–Kier alpha value is -1.27. The van der Waals surface area contributed by atoms with Crippen molar-refractivity contribution in [2.45, 2.75) is 19.4 Å². The van der Waals surface area contributed by atoms with Crippen molar-refractivity contribution < 1.29 is 14.6 Å². The van der Waals surface area contributed by atoms with Gasteiger partial charge in [-0.15, -0.1) is 0 Å². The molecule has 0 saturated carbocycles. The normalized spacial score (nSPS) is 13.7. The average Bonchev–Trinajstić information content (AvgIpc) is 2.37. The highest BCUT2D eigenvalue weighted by molar-refractivity contribution is 7.98. The topological polar surface area (TPSA) is 71.5 Å². The Balaban J connectivity index is 2.55. The van der Waals surface area contributed by atoms with Crippen molar-refractivity contribution in [3.63, 3.8) is 0 Å². The molecule has 0 bridgehead atoms. The minimum absolute atomic E-state index is 0.344. The first-order chi connectivity index (χ1) is 8.98. The number of carbonyl (C=O) groups excluding carboxylic acids is 1. The summed E-state index contributed by atoms with van der Waals surface area (Å²) in [5, 5.41) is 13.0. The van der Waals surface area contributed by atoms with Crippen LogP contribution in [-0.4, -0.2) is 46.8 Å². The van der Waals surface area contributed by atoms with Crippen molar-refractivity contribution >= 4 is 23.5 Å². The number of hydrogen-bond acceptors (Lipinski definition) is 6. The first-order valence-corrected chi connectivity index (χ1v) is 7.46. The SMILES string of the molecule is CCOC(=O)c1ccc(NCC(C)(O)CSC)nc1. The van der Waals surface area contributed by atoms with E-state index in [0.717, 1.165) is 0 Å². The molecule has 5 nitrogen and oxygen atoms in total. The number of carbonyl (C=O) groups is 1. The molecule has 0 saturated heterocycles. The summed E-state index contributed by atoms with van der Waals surface area (Å²) in [6.07, 6.45) is 3.41. The standard InChI is InChI=1S/C13H20N2O3S/c1-4-18-12(16)10-5-6-11(14-7-10)15-8-13(2,17)9-19-3/h5-7,17H,4,8-9H2,1-3H3,(H,14,15). The summed E-state index contributed by atoms with van der Waals surface area (Å²) >= 11 is 1.58. The monoisotopic (exact) mass is 284 g/mol. The van der Waals surface area contributed by atoms with E-state index in [2.05, 4.69) is 10.3 Å². The van der Waals surface area contributed by atoms with Crippen molar-refractivity contribution in [2.75, 3.05) is 30.5 Å². The number of anilines is 1. The first kappa shape index (κ1) is 15.8. The molecule has 0 spiro atoms. The minimum atomic E-state index is -0.791. The lowest BCUT2D eigenvalue weighted by Gasteiger charge is -2.22. The van der Waals surface area contributed by atoms with E-state index in [-0.39, 0.29) is 5.97 Å². The van der Waals surface area contributed by atoms with Gasteiger partial charge in [-0.2, -0.15) is 11.8 Å². The van der Waals surface area contributed by atoms with E-state index in [1.54, 1.807) is 37.7 Å². The predicted molar refractivity (Wildman–Crippen MR) is 77.7 cm³/mol. The fourth-order valence-electron chi connectivity index (χ4n) is 1.48. The van der Waals surface area contributed by atoms with Gasteiger partial charge in [0.05, 0.1) is 17.8 Å². The number of aliphatic hydroxyl groups is 1. The zero-order valence-corrected chi connectivity index (χ0v) is 12.3. The molecule has 1 unspecified atom stereocenters. The van der Waals surface area contributed by atoms with E-state index >= 15 is 0 Å². The van der Waals surface area contributed by atoms with Gasteiger partial charge in [0.25, 0.3) is 0 Å². The summed E-state index contributed by atoms with van der Waals surface area (Å²) in [5.41, 5.74) is -0.371. The van der Waals surface area contributed by atoms with Gasteiger partial charge in [0.2, 0.25) is 0 Å². The van der Waals surface area contributed by atoms with Gasteiger partial charge in [0.1, 0.15) is 5.82 Å². The predicted octanol–water partition coefficient (Wildman–Crippen LogP) is 1.78. The van der Waals surface area contributed by atoms with Crippen LogP contribution < -0.4 is 5.32 Å². The van der Waals surface area contributed by atoms with Crippen molar-refractivity contribution in [3.05, 3.63) is 23.9 Å². The van der Waals surface area contributed by atoms with Gasteiger partial charge in [-0.25, -0.2) is 9.78 Å². The first-order valence-electron chi connectivity index (χ1n) is 6.07. The lowest BCUT2D eigenvalue weighted by Crippen LogP contribution is -2.36. The van der Waals surface area contributed by atoms with Gasteiger partial charge >= 0.3 is 5.97 Å². The molecular weight excluding hydrogens is 264 g/mol. The van der Waals surface area contributed by atoms with Crippen LogP contribution in [0.1, 0.15) is 24.2 Å². The van der Waals surface area contributed by atoms with Crippen LogP contribution in [0.3, 0.4) is 0 Å². The summed E-state index contributed by atoms with van der Waals surface area (Å²) in [6.45, 7) is 4.27. The maximum absolute atomic E-state index is 11.4. The Kier molecular flexibility index (Phi) is 6.11. The number of thioether (sulfide) groups is 1. The third-order valence-electron chi connectivity index (χ3n) is 2.38. The minimum Gasteiger partial charge on any atom is -0.462 e. The molecule has 106 valence electrons. The van der Waals surface area contributed by atoms with Crippen molar-refractivity contribution in [1.29, 1.82) is 0 Å². The Morgan fingerprint density at radius 1 is 1.58 bits per heavy atom. The Morgan fingerprint density at radius 3 is 2.84 bits per heavy atom. The zero-order chi connectivity index (χ0) is 14.3. The van der Waals surface area contributed by atoms with Crippen molar-refractivity contribution in [3.8, 4) is 0 Å². The van der Waals surface area contributed by atoms with Gasteiger partial charge in [-0.1, -0.05) is 0 Å². The fraction of sp³-hybridized carbons (Fsp3) is 0.538. The molecule has 0 fully saturated rings. The highest BCUT2D eigenvalue weighted by Crippen LogP contribution is 2.12. The second-order valence-corrected chi connectivity index (χ2v) is 5.30. The molecular formula is C13H20N2O3S. The number of nitrogens with one attached hydrogen (secondary N) is 1. The lowest BCUT2D eigenvalue weighted by molar-refractivity contribution is 0.0525. The Morgan fingerprint density at radius 2 is 2.32 bits per heavy atom. The van der Waals surface area contributed by atoms with Crippen LogP contribution in [-0.2, 0) is 4.74 Å². The lowest BCUT2D eigenvalue weighted by atomic mass is 10.1. The van der Waals surface area contributed by atoms with Gasteiger partial charge in [-0.3, -0.25) is 0 Å². The molecule has 0 aliphatic carbocycles. The fourth-order valence-corrected chi connectivity index (χ4v) is 2.20. The van der Waals surface area contributed by atoms with Crippen LogP contribution in [0.5, 0.6) is 0 Å². The summed E-state index contributed by atoms with van der Waals surface area (Å²) < 4.78 is 4.87. The highest BCUT2D eigenvalue weighted by atomic mass is 32.2. The molecule has 1 heterocycles. The largest absolute Gasteiger partial charge is 0.462 e. The summed E-state index contributed by atoms with van der Waals surface area (Å²) in [7, 11) is 0. The van der Waals surface area contributed by atoms with Crippen LogP contribution in [0.4, 0.5) is 5.82 Å². The van der Waals surface area contributed by atoms with E-state index in [0.29, 0.717) is 30.3 Å². The zero-order valence-electron chi connectivity index (χ0n) is 11.5. The molecule has 1 rings (SSSR count). The molecule has 0 radical (unpaired) electrons. The summed E-state index contributed by atoms with van der Waals surface area (Å²) in [5.74, 6) is 0.881. The number of esters is 1. The Bertz CT molecular complexity index is 407. The highest BCUT2D eigenvalue weighted by Gasteiger charge is 2.19. The van der Waals surface area contributed by atoms with Gasteiger partial charge in [0.15, 0.2) is 0 Å². The summed E-state index contributed by atoms with van der Waals surface area (Å²) in [6, 6.07) is 3.35. The molecule has 0 aromatic carbocycles. The average molecular weight is 284 g/mol. The maximum Gasteiger partial charge on any atom is 0.339 e. The number of rotatable bonds is 7. The number of aromatic nitrogens is 1. The van der Waals surface area contributed by atoms with Gasteiger partial charge in [-0.05, 0) is 32.2 Å². The van der Waals surface area contributed by atoms with E-state index in [1.807, 2.05) is 6.26 Å². The molecule has 0 aliphatic heterocycles. The smallest absolute Gasteiger partial charge is 0.339 e. The number of hydrogen-bond donors (Lipinski definition) is 2. The van der Waals surface area contributed by atoms with E-state index in [4.69, 9.17) is 4.74 Å². The molecule has 1 atom stereocenters. The molecule has 1 aromatic heterocycles. The maximum atomic E-state index is 11.4. The van der Waals surface area contributed by atoms with Crippen LogP contribution in [0.25, 0.3) is 0 Å². The molecule has 19 heavy (non-hydrogen) atoms. The Labute approximate surface area is 117 Å². The van der Waals surface area contributed by atoms with Crippen LogP contribution in [0, 0.1) is 0 Å². The molecule has 6 heteroatoms. The van der Waals surface area contributed by atoms with E-state index in [9.17, 15) is 9.90 Å². The van der Waals surface area contributed by atoms with Crippen molar-refractivity contribution in [1.82, 2.24) is 4.98 Å². The second kappa shape index (κ2) is 7.35. The van der Waals surface area contributed by atoms with Crippen LogP contribution in [0.15, 0.2) is 18.3 Å². The number of ether oxygens (including phenoxy) is 1. The number of nitrogens with zero attached hydrogens (tertiary/aromatic N) is 1. The quantitative estimate of drug-likeness (QED) is 0.744. The van der Waals surface area contributed by atoms with E-state index < -0.39 is 5.60 Å². The van der Waals surface area contributed by atoms with Crippen molar-refractivity contribution in [2.24, 2.45) is 0 Å². The van der Waals surface area contributed by atoms with Crippen LogP contribution >= 0.6 is 11.8 Å². The molecule has 1 aromatic rings. The van der Waals surface area contributed by atoms with E-state index in [1.165, 1.54) is 6.20 Å². The van der Waals surface area contributed by atoms with Gasteiger partial charge in [0, 0.05) is 18.5 Å². The molecule has 2 N–H and O–H groups in total. The van der Waals surface area contributed by atoms with Gasteiger partial charge < -0.3 is 15.2 Å². The number of pyridine rings is 1. The third-order valence-corrected chi connectivity index (χ3v) is 3.29. The summed E-state index contributed by atoms with van der Waals surface area (Å²) in [4.78, 5) is 15.5. The molecule has 0 aliphatic rings. The second-order valence-electron chi connectivity index (χ2n) is 4.44. The van der Waals surface area contributed by atoms with Crippen LogP contribution in [0.2, 0.25) is 0 Å². The third kappa shape index (κ3) is 5.48.